The largest absolute Gasteiger partial charge is 0.481 e. The minimum absolute atomic E-state index is 0.0276. The van der Waals surface area contributed by atoms with Crippen LogP contribution in [0.4, 0.5) is 5.69 Å². The van der Waals surface area contributed by atoms with Crippen molar-refractivity contribution >= 4 is 29.4 Å². The molecule has 256 valence electrons. The van der Waals surface area contributed by atoms with E-state index in [1.54, 1.807) is 18.2 Å². The van der Waals surface area contributed by atoms with Crippen LogP contribution in [-0.4, -0.2) is 60.1 Å². The van der Waals surface area contributed by atoms with Gasteiger partial charge in [0, 0.05) is 55.8 Å². The number of nitrogens with one attached hydrogen (secondary N) is 2. The van der Waals surface area contributed by atoms with Gasteiger partial charge in [0.2, 0.25) is 0 Å². The lowest BCUT2D eigenvalue weighted by Gasteiger charge is -2.26. The number of hydrogen-bond donors (Lipinski definition) is 4. The second-order valence-corrected chi connectivity index (χ2v) is 12.2. The van der Waals surface area contributed by atoms with E-state index in [9.17, 15) is 19.2 Å². The highest BCUT2D eigenvalue weighted by molar-refractivity contribution is 6.01. The van der Waals surface area contributed by atoms with Crippen molar-refractivity contribution in [1.29, 1.82) is 0 Å². The zero-order valence-corrected chi connectivity index (χ0v) is 28.2. The number of carboxylic acid groups (broad SMARTS) is 2. The third-order valence-corrected chi connectivity index (χ3v) is 8.08. The molecule has 0 spiro atoms. The number of unbranched alkanes of at least 4 members (excludes halogenated alkanes) is 14. The quantitative estimate of drug-likeness (QED) is 0.0659. The van der Waals surface area contributed by atoms with Gasteiger partial charge >= 0.3 is 11.9 Å². The van der Waals surface area contributed by atoms with Crippen molar-refractivity contribution in [3.63, 3.8) is 0 Å². The van der Waals surface area contributed by atoms with Gasteiger partial charge in [0.1, 0.15) is 0 Å². The fourth-order valence-electron chi connectivity index (χ4n) is 5.39. The number of nitrogens with zero attached hydrogens (tertiary/aromatic N) is 1. The van der Waals surface area contributed by atoms with Gasteiger partial charge in [-0.05, 0) is 43.9 Å². The summed E-state index contributed by atoms with van der Waals surface area (Å²) in [7, 11) is 0. The van der Waals surface area contributed by atoms with E-state index in [2.05, 4.69) is 24.5 Å². The number of carbonyl (C=O) groups is 4. The summed E-state index contributed by atoms with van der Waals surface area (Å²) in [4.78, 5) is 50.6. The van der Waals surface area contributed by atoms with Crippen LogP contribution >= 0.6 is 0 Å². The Kier molecular flexibility index (Phi) is 23.2. The molecule has 0 aliphatic heterocycles. The normalized spacial score (nSPS) is 10.9. The highest BCUT2D eigenvalue weighted by Crippen LogP contribution is 2.22. The molecule has 0 heterocycles. The predicted octanol–water partition coefficient (Wildman–Crippen LogP) is 7.96. The van der Waals surface area contributed by atoms with Crippen molar-refractivity contribution < 1.29 is 29.4 Å². The van der Waals surface area contributed by atoms with Gasteiger partial charge in [-0.2, -0.15) is 0 Å². The first-order valence-electron chi connectivity index (χ1n) is 17.7. The highest BCUT2D eigenvalue weighted by Gasteiger charge is 2.17. The molecule has 0 aliphatic carbocycles. The van der Waals surface area contributed by atoms with Crippen molar-refractivity contribution in [2.75, 3.05) is 31.1 Å². The third-order valence-electron chi connectivity index (χ3n) is 8.08. The summed E-state index contributed by atoms with van der Waals surface area (Å²) in [6, 6.07) is 5.06. The molecule has 0 saturated heterocycles. The maximum atomic E-state index is 13.2. The van der Waals surface area contributed by atoms with Gasteiger partial charge in [-0.15, -0.1) is 0 Å². The van der Waals surface area contributed by atoms with Crippen molar-refractivity contribution in [3.05, 3.63) is 29.3 Å². The average molecular weight is 632 g/mol. The van der Waals surface area contributed by atoms with Gasteiger partial charge < -0.3 is 25.7 Å². The zero-order valence-electron chi connectivity index (χ0n) is 28.2. The first kappa shape index (κ1) is 39.9. The lowest BCUT2D eigenvalue weighted by Crippen LogP contribution is -2.30. The van der Waals surface area contributed by atoms with Crippen LogP contribution < -0.4 is 15.5 Å². The summed E-state index contributed by atoms with van der Waals surface area (Å²) < 4.78 is 0. The Morgan fingerprint density at radius 2 is 0.889 bits per heavy atom. The monoisotopic (exact) mass is 631 g/mol. The Morgan fingerprint density at radius 1 is 0.533 bits per heavy atom. The van der Waals surface area contributed by atoms with E-state index >= 15 is 0 Å². The predicted molar refractivity (Wildman–Crippen MR) is 182 cm³/mol. The summed E-state index contributed by atoms with van der Waals surface area (Å²) in [5, 5.41) is 24.3. The summed E-state index contributed by atoms with van der Waals surface area (Å²) in [5.74, 6) is -2.33. The van der Waals surface area contributed by atoms with E-state index in [0.29, 0.717) is 55.8 Å². The molecule has 2 amide bonds. The summed E-state index contributed by atoms with van der Waals surface area (Å²) in [6.07, 6.45) is 19.4. The Balaban J connectivity index is 2.91. The molecule has 4 N–H and O–H groups in total. The average Bonchev–Trinajstić information content (AvgIpc) is 3.01. The number of benzene rings is 1. The number of amides is 2. The second kappa shape index (κ2) is 26.1. The first-order valence-corrected chi connectivity index (χ1v) is 17.7. The first-order chi connectivity index (χ1) is 21.8. The molecule has 1 aromatic rings. The molecule has 1 rings (SSSR count). The molecule has 1 aromatic carbocycles. The lowest BCUT2D eigenvalue weighted by molar-refractivity contribution is -0.138. The molecular formula is C36H61N3O6. The summed E-state index contributed by atoms with van der Waals surface area (Å²) >= 11 is 0. The SMILES string of the molecule is CCCCCCCCCCNC(=O)c1cc(C(=O)NCCCCCCCCCC)cc(N(CCCC(=O)O)CCCC(=O)O)c1. The lowest BCUT2D eigenvalue weighted by atomic mass is 10.1. The topological polar surface area (TPSA) is 136 Å². The molecule has 0 unspecified atom stereocenters. The Labute approximate surface area is 271 Å². The van der Waals surface area contributed by atoms with E-state index in [1.165, 1.54) is 64.2 Å². The maximum Gasteiger partial charge on any atom is 0.303 e. The van der Waals surface area contributed by atoms with E-state index in [1.807, 2.05) is 4.90 Å². The number of anilines is 1. The van der Waals surface area contributed by atoms with Crippen LogP contribution in [0.1, 0.15) is 163 Å². The van der Waals surface area contributed by atoms with Crippen LogP contribution in [0.5, 0.6) is 0 Å². The van der Waals surface area contributed by atoms with Crippen molar-refractivity contribution in [2.24, 2.45) is 0 Å². The van der Waals surface area contributed by atoms with E-state index in [-0.39, 0.29) is 24.7 Å². The van der Waals surface area contributed by atoms with Crippen LogP contribution in [0.25, 0.3) is 0 Å². The highest BCUT2D eigenvalue weighted by atomic mass is 16.4. The van der Waals surface area contributed by atoms with E-state index < -0.39 is 11.9 Å². The van der Waals surface area contributed by atoms with Gasteiger partial charge in [-0.1, -0.05) is 104 Å². The van der Waals surface area contributed by atoms with Gasteiger partial charge in [-0.3, -0.25) is 19.2 Å². The minimum atomic E-state index is -0.907. The number of carboxylic acids is 2. The smallest absolute Gasteiger partial charge is 0.303 e. The van der Waals surface area contributed by atoms with Crippen molar-refractivity contribution in [2.45, 2.75) is 142 Å². The molecule has 0 saturated carbocycles. The standard InChI is InChI=1S/C36H61N3O6/c1-3-5-7-9-11-13-15-17-23-37-35(44)30-27-31(36(45)38-24-18-16-14-12-10-8-6-4-2)29-32(28-30)39(25-19-21-33(40)41)26-20-22-34(42)43/h27-29H,3-26H2,1-2H3,(H,37,44)(H,38,45)(H,40,41)(H,42,43). The van der Waals surface area contributed by atoms with Gasteiger partial charge in [0.15, 0.2) is 0 Å². The fraction of sp³-hybridized carbons (Fsp3) is 0.722. The van der Waals surface area contributed by atoms with Gasteiger partial charge in [0.25, 0.3) is 11.8 Å². The zero-order chi connectivity index (χ0) is 33.1. The van der Waals surface area contributed by atoms with Crippen molar-refractivity contribution in [3.8, 4) is 0 Å². The Hall–Kier alpha value is -3.10. The third kappa shape index (κ3) is 20.5. The molecule has 0 bridgehead atoms. The van der Waals surface area contributed by atoms with Crippen LogP contribution in [0.3, 0.4) is 0 Å². The number of carbonyl (C=O) groups excluding carboxylic acids is 2. The molecule has 0 aliphatic rings. The number of hydrogen-bond acceptors (Lipinski definition) is 5. The van der Waals surface area contributed by atoms with Crippen LogP contribution in [0, 0.1) is 0 Å². The molecule has 45 heavy (non-hydrogen) atoms. The summed E-state index contributed by atoms with van der Waals surface area (Å²) in [5.41, 5.74) is 1.35. The second-order valence-electron chi connectivity index (χ2n) is 12.2. The Morgan fingerprint density at radius 3 is 1.24 bits per heavy atom. The molecule has 0 atom stereocenters. The van der Waals surface area contributed by atoms with E-state index in [4.69, 9.17) is 10.2 Å². The molecule has 9 heteroatoms. The summed E-state index contributed by atoms with van der Waals surface area (Å²) in [6.45, 7) is 6.27. The maximum absolute atomic E-state index is 13.2. The van der Waals surface area contributed by atoms with Gasteiger partial charge in [0.05, 0.1) is 0 Å². The van der Waals surface area contributed by atoms with Gasteiger partial charge in [-0.25, -0.2) is 0 Å². The number of rotatable bonds is 29. The molecule has 0 aromatic heterocycles. The Bertz CT molecular complexity index is 911. The number of aliphatic carboxylic acids is 2. The van der Waals surface area contributed by atoms with E-state index in [0.717, 1.165) is 38.5 Å². The fourth-order valence-corrected chi connectivity index (χ4v) is 5.39. The minimum Gasteiger partial charge on any atom is -0.481 e. The van der Waals surface area contributed by atoms with Crippen LogP contribution in [0.15, 0.2) is 18.2 Å². The van der Waals surface area contributed by atoms with Crippen LogP contribution in [-0.2, 0) is 9.59 Å². The van der Waals surface area contributed by atoms with Crippen LogP contribution in [0.2, 0.25) is 0 Å². The molecular weight excluding hydrogens is 570 g/mol. The molecule has 0 fully saturated rings. The molecule has 0 radical (unpaired) electrons. The molecule has 9 nitrogen and oxygen atoms in total. The van der Waals surface area contributed by atoms with Crippen molar-refractivity contribution in [1.82, 2.24) is 10.6 Å².